The van der Waals surface area contributed by atoms with Crippen LogP contribution in [0.15, 0.2) is 24.4 Å². The summed E-state index contributed by atoms with van der Waals surface area (Å²) in [5, 5.41) is 4.98. The number of ether oxygens (including phenoxy) is 1. The molecule has 0 unspecified atom stereocenters. The molecule has 2 aromatic rings. The minimum Gasteiger partial charge on any atom is -0.486 e. The Morgan fingerprint density at radius 3 is 2.95 bits per heavy atom. The summed E-state index contributed by atoms with van der Waals surface area (Å²) in [7, 11) is 0. The molecule has 0 fully saturated rings. The zero-order valence-corrected chi connectivity index (χ0v) is 12.6. The zero-order valence-electron chi connectivity index (χ0n) is 11.1. The molecule has 0 aliphatic rings. The normalized spacial score (nSPS) is 10.7. The van der Waals surface area contributed by atoms with Gasteiger partial charge in [-0.25, -0.2) is 4.98 Å². The second-order valence-corrected chi connectivity index (χ2v) is 5.87. The van der Waals surface area contributed by atoms with Crippen LogP contribution < -0.4 is 10.1 Å². The third-order valence-corrected chi connectivity index (χ3v) is 3.83. The van der Waals surface area contributed by atoms with Gasteiger partial charge in [-0.05, 0) is 19.5 Å². The van der Waals surface area contributed by atoms with E-state index >= 15 is 0 Å². The molecule has 0 radical (unpaired) electrons. The van der Waals surface area contributed by atoms with Crippen molar-refractivity contribution in [2.45, 2.75) is 27.0 Å². The first kappa shape index (κ1) is 14.3. The maximum absolute atomic E-state index is 6.21. The van der Waals surface area contributed by atoms with Gasteiger partial charge >= 0.3 is 0 Å². The third-order valence-electron chi connectivity index (χ3n) is 2.64. The van der Waals surface area contributed by atoms with Crippen LogP contribution >= 0.6 is 22.9 Å². The predicted molar refractivity (Wildman–Crippen MR) is 80.0 cm³/mol. The van der Waals surface area contributed by atoms with Gasteiger partial charge in [0.25, 0.3) is 0 Å². The van der Waals surface area contributed by atoms with Crippen LogP contribution in [0.4, 0.5) is 0 Å². The number of aromatic nitrogens is 1. The van der Waals surface area contributed by atoms with Crippen LogP contribution in [0.1, 0.15) is 22.4 Å². The van der Waals surface area contributed by atoms with E-state index in [2.05, 4.69) is 17.2 Å². The number of halogens is 1. The molecule has 2 rings (SSSR count). The number of benzene rings is 1. The van der Waals surface area contributed by atoms with Gasteiger partial charge in [0, 0.05) is 18.3 Å². The number of hydrogen-bond acceptors (Lipinski definition) is 4. The Labute approximate surface area is 122 Å². The van der Waals surface area contributed by atoms with Crippen LogP contribution in [0.5, 0.6) is 5.75 Å². The highest BCUT2D eigenvalue weighted by atomic mass is 35.5. The van der Waals surface area contributed by atoms with Gasteiger partial charge in [0.05, 0.1) is 14.9 Å². The first-order valence-electron chi connectivity index (χ1n) is 6.23. The Morgan fingerprint density at radius 1 is 1.42 bits per heavy atom. The molecule has 102 valence electrons. The fraction of sp³-hybridized carbons (Fsp3) is 0.357. The molecule has 0 amide bonds. The number of nitrogens with zero attached hydrogens (tertiary/aromatic N) is 1. The van der Waals surface area contributed by atoms with E-state index in [1.54, 1.807) is 11.3 Å². The molecule has 0 aliphatic heterocycles. The Balaban J connectivity index is 2.09. The van der Waals surface area contributed by atoms with Crippen molar-refractivity contribution in [2.24, 2.45) is 0 Å². The summed E-state index contributed by atoms with van der Waals surface area (Å²) >= 11 is 7.86. The minimum atomic E-state index is 0.508. The van der Waals surface area contributed by atoms with Crippen molar-refractivity contribution in [2.75, 3.05) is 6.54 Å². The zero-order chi connectivity index (χ0) is 13.7. The number of aryl methyl sites for hydroxylation is 1. The molecule has 0 atom stereocenters. The molecule has 1 heterocycles. The van der Waals surface area contributed by atoms with Crippen LogP contribution in [0.2, 0.25) is 5.02 Å². The maximum Gasteiger partial charge on any atom is 0.142 e. The summed E-state index contributed by atoms with van der Waals surface area (Å²) in [6.45, 7) is 6.24. The first-order chi connectivity index (χ1) is 9.20. The second-order valence-electron chi connectivity index (χ2n) is 4.14. The topological polar surface area (TPSA) is 34.1 Å². The molecule has 19 heavy (non-hydrogen) atoms. The lowest BCUT2D eigenvalue weighted by Gasteiger charge is -2.12. The molecular formula is C14H17ClN2OS. The van der Waals surface area contributed by atoms with Crippen molar-refractivity contribution < 1.29 is 4.74 Å². The summed E-state index contributed by atoms with van der Waals surface area (Å²) < 4.78 is 5.86. The van der Waals surface area contributed by atoms with Crippen molar-refractivity contribution in [1.29, 1.82) is 0 Å². The van der Waals surface area contributed by atoms with E-state index in [1.807, 2.05) is 31.3 Å². The Bertz CT molecular complexity index is 542. The number of rotatable bonds is 6. The van der Waals surface area contributed by atoms with Crippen molar-refractivity contribution >= 4 is 22.9 Å². The highest BCUT2D eigenvalue weighted by Crippen LogP contribution is 2.29. The summed E-state index contributed by atoms with van der Waals surface area (Å²) in [4.78, 5) is 5.32. The second kappa shape index (κ2) is 6.89. The summed E-state index contributed by atoms with van der Waals surface area (Å²) in [5.74, 6) is 0.760. The standard InChI is InChI=1S/C14H17ClN2OS/c1-3-16-7-11-5-4-6-13(15)14(11)18-9-12-8-17-10(2)19-12/h4-6,8,16H,3,7,9H2,1-2H3. The molecule has 1 N–H and O–H groups in total. The minimum absolute atomic E-state index is 0.508. The number of nitrogens with one attached hydrogen (secondary N) is 1. The molecule has 3 nitrogen and oxygen atoms in total. The molecule has 5 heteroatoms. The maximum atomic E-state index is 6.21. The van der Waals surface area contributed by atoms with Crippen LogP contribution in [-0.4, -0.2) is 11.5 Å². The van der Waals surface area contributed by atoms with Gasteiger partial charge < -0.3 is 10.1 Å². The molecule has 0 saturated carbocycles. The van der Waals surface area contributed by atoms with Crippen LogP contribution in [-0.2, 0) is 13.2 Å². The van der Waals surface area contributed by atoms with Crippen molar-refractivity contribution in [3.05, 3.63) is 44.9 Å². The summed E-state index contributed by atoms with van der Waals surface area (Å²) in [6, 6.07) is 5.82. The van der Waals surface area contributed by atoms with E-state index in [4.69, 9.17) is 16.3 Å². The highest BCUT2D eigenvalue weighted by Gasteiger charge is 2.09. The summed E-state index contributed by atoms with van der Waals surface area (Å²) in [6.07, 6.45) is 1.85. The predicted octanol–water partition coefficient (Wildman–Crippen LogP) is 3.79. The molecule has 0 saturated heterocycles. The van der Waals surface area contributed by atoms with E-state index in [-0.39, 0.29) is 0 Å². The Morgan fingerprint density at radius 2 is 2.26 bits per heavy atom. The Kier molecular flexibility index (Phi) is 5.19. The van der Waals surface area contributed by atoms with Gasteiger partial charge in [-0.15, -0.1) is 11.3 Å². The highest BCUT2D eigenvalue weighted by molar-refractivity contribution is 7.11. The lowest BCUT2D eigenvalue weighted by Crippen LogP contribution is -2.13. The fourth-order valence-corrected chi connectivity index (χ4v) is 2.69. The fourth-order valence-electron chi connectivity index (χ4n) is 1.73. The largest absolute Gasteiger partial charge is 0.486 e. The van der Waals surface area contributed by atoms with Gasteiger partial charge in [-0.2, -0.15) is 0 Å². The monoisotopic (exact) mass is 296 g/mol. The van der Waals surface area contributed by atoms with Crippen LogP contribution in [0.3, 0.4) is 0 Å². The Hall–Kier alpha value is -1.10. The lowest BCUT2D eigenvalue weighted by atomic mass is 10.2. The van der Waals surface area contributed by atoms with Crippen LogP contribution in [0.25, 0.3) is 0 Å². The SMILES string of the molecule is CCNCc1cccc(Cl)c1OCc1cnc(C)s1. The molecule has 1 aromatic carbocycles. The number of thiazole rings is 1. The van der Waals surface area contributed by atoms with Gasteiger partial charge in [0.15, 0.2) is 0 Å². The quantitative estimate of drug-likeness (QED) is 0.880. The molecule has 0 spiro atoms. The number of para-hydroxylation sites is 1. The van der Waals surface area contributed by atoms with Gasteiger partial charge in [-0.1, -0.05) is 30.7 Å². The molecule has 1 aromatic heterocycles. The average molecular weight is 297 g/mol. The van der Waals surface area contributed by atoms with Crippen molar-refractivity contribution in [1.82, 2.24) is 10.3 Å². The van der Waals surface area contributed by atoms with E-state index < -0.39 is 0 Å². The van der Waals surface area contributed by atoms with E-state index in [9.17, 15) is 0 Å². The molecule has 0 bridgehead atoms. The van der Waals surface area contributed by atoms with Gasteiger partial charge in [0.2, 0.25) is 0 Å². The van der Waals surface area contributed by atoms with Gasteiger partial charge in [0.1, 0.15) is 12.4 Å². The lowest BCUT2D eigenvalue weighted by molar-refractivity contribution is 0.305. The smallest absolute Gasteiger partial charge is 0.142 e. The first-order valence-corrected chi connectivity index (χ1v) is 7.42. The van der Waals surface area contributed by atoms with Crippen LogP contribution in [0, 0.1) is 6.92 Å². The van der Waals surface area contributed by atoms with Crippen molar-refractivity contribution in [3.8, 4) is 5.75 Å². The van der Waals surface area contributed by atoms with Gasteiger partial charge in [-0.3, -0.25) is 0 Å². The van der Waals surface area contributed by atoms with E-state index in [0.717, 1.165) is 34.3 Å². The molecule has 0 aliphatic carbocycles. The van der Waals surface area contributed by atoms with E-state index in [1.165, 1.54) is 0 Å². The summed E-state index contributed by atoms with van der Waals surface area (Å²) in [5.41, 5.74) is 1.08. The average Bonchev–Trinajstić information content (AvgIpc) is 2.81. The number of hydrogen-bond donors (Lipinski definition) is 1. The molecular weight excluding hydrogens is 280 g/mol. The van der Waals surface area contributed by atoms with E-state index in [0.29, 0.717) is 11.6 Å². The third kappa shape index (κ3) is 3.93. The van der Waals surface area contributed by atoms with Crippen molar-refractivity contribution in [3.63, 3.8) is 0 Å².